The Morgan fingerprint density at radius 3 is 2.14 bits per heavy atom. The average molecular weight is 592 g/mol. The minimum absolute atomic E-state index is 0.0432. The Morgan fingerprint density at radius 1 is 0.837 bits per heavy atom. The minimum Gasteiger partial charge on any atom is -0.391 e. The molecule has 1 saturated heterocycles. The van der Waals surface area contributed by atoms with Crippen LogP contribution in [0.4, 0.5) is 4.79 Å². The lowest BCUT2D eigenvalue weighted by molar-refractivity contribution is 0.167. The van der Waals surface area contributed by atoms with Gasteiger partial charge in [-0.2, -0.15) is 0 Å². The van der Waals surface area contributed by atoms with Crippen molar-refractivity contribution >= 4 is 17.7 Å². The SMILES string of the molecule is O=C(NCc1cccnc1)Oc1c(CN2CCC(c3ccccc3)(c3ccccc3)CC2)ncn1Cc1ccc(Cl)cc1. The van der Waals surface area contributed by atoms with Gasteiger partial charge in [0.25, 0.3) is 0 Å². The number of hydrogen-bond acceptors (Lipinski definition) is 5. The molecule has 1 aliphatic rings. The van der Waals surface area contributed by atoms with Crippen LogP contribution in [0.25, 0.3) is 0 Å². The van der Waals surface area contributed by atoms with E-state index in [-0.39, 0.29) is 5.41 Å². The van der Waals surface area contributed by atoms with E-state index in [1.165, 1.54) is 11.1 Å². The van der Waals surface area contributed by atoms with E-state index < -0.39 is 6.09 Å². The zero-order valence-corrected chi connectivity index (χ0v) is 24.7. The normalized spacial score (nSPS) is 14.7. The number of likely N-dealkylation sites (tertiary alicyclic amines) is 1. The van der Waals surface area contributed by atoms with Crippen LogP contribution in [0.5, 0.6) is 5.88 Å². The van der Waals surface area contributed by atoms with Gasteiger partial charge in [0.15, 0.2) is 0 Å². The lowest BCUT2D eigenvalue weighted by Gasteiger charge is -2.42. The summed E-state index contributed by atoms with van der Waals surface area (Å²) >= 11 is 6.10. The molecule has 8 heteroatoms. The molecule has 0 bridgehead atoms. The monoisotopic (exact) mass is 591 g/mol. The van der Waals surface area contributed by atoms with Crippen molar-refractivity contribution in [3.63, 3.8) is 0 Å². The fraction of sp³-hybridized carbons (Fsp3) is 0.229. The summed E-state index contributed by atoms with van der Waals surface area (Å²) in [5, 5.41) is 3.51. The number of ether oxygens (including phenoxy) is 1. The summed E-state index contributed by atoms with van der Waals surface area (Å²) in [6, 6.07) is 33.0. The maximum absolute atomic E-state index is 13.0. The summed E-state index contributed by atoms with van der Waals surface area (Å²) in [6.45, 7) is 3.18. The van der Waals surface area contributed by atoms with Crippen LogP contribution in [0.15, 0.2) is 116 Å². The number of nitrogens with zero attached hydrogens (tertiary/aromatic N) is 4. The molecular weight excluding hydrogens is 558 g/mol. The first kappa shape index (κ1) is 28.6. The molecule has 0 spiro atoms. The summed E-state index contributed by atoms with van der Waals surface area (Å²) in [7, 11) is 0. The molecule has 3 aromatic carbocycles. The van der Waals surface area contributed by atoms with E-state index in [2.05, 4.69) is 75.9 Å². The van der Waals surface area contributed by atoms with Gasteiger partial charge in [-0.1, -0.05) is 90.5 Å². The van der Waals surface area contributed by atoms with Gasteiger partial charge in [0.05, 0.1) is 12.9 Å². The molecule has 0 radical (unpaired) electrons. The van der Waals surface area contributed by atoms with Gasteiger partial charge >= 0.3 is 6.09 Å². The molecule has 218 valence electrons. The molecule has 0 saturated carbocycles. The molecule has 3 heterocycles. The Labute approximate surface area is 257 Å². The first-order valence-electron chi connectivity index (χ1n) is 14.6. The van der Waals surface area contributed by atoms with E-state index in [1.807, 2.05) is 41.0 Å². The topological polar surface area (TPSA) is 72.3 Å². The van der Waals surface area contributed by atoms with E-state index in [0.29, 0.717) is 30.5 Å². The van der Waals surface area contributed by atoms with Crippen LogP contribution in [0.1, 0.15) is 40.8 Å². The number of piperidine rings is 1. The second kappa shape index (κ2) is 13.2. The van der Waals surface area contributed by atoms with Crippen molar-refractivity contribution in [2.75, 3.05) is 13.1 Å². The van der Waals surface area contributed by atoms with Gasteiger partial charge in [-0.05, 0) is 66.4 Å². The quantitative estimate of drug-likeness (QED) is 0.203. The fourth-order valence-electron chi connectivity index (χ4n) is 5.90. The molecule has 0 aliphatic carbocycles. The lowest BCUT2D eigenvalue weighted by atomic mass is 9.68. The first-order valence-corrected chi connectivity index (χ1v) is 14.9. The fourth-order valence-corrected chi connectivity index (χ4v) is 6.03. The highest BCUT2D eigenvalue weighted by molar-refractivity contribution is 6.30. The van der Waals surface area contributed by atoms with Crippen LogP contribution >= 0.6 is 11.6 Å². The largest absolute Gasteiger partial charge is 0.414 e. The van der Waals surface area contributed by atoms with Gasteiger partial charge in [0.1, 0.15) is 5.69 Å². The summed E-state index contributed by atoms with van der Waals surface area (Å²) in [5.74, 6) is 0.446. The number of pyridine rings is 1. The molecular formula is C35H34ClN5O2. The molecule has 43 heavy (non-hydrogen) atoms. The molecule has 0 atom stereocenters. The third-order valence-corrected chi connectivity index (χ3v) is 8.46. The maximum Gasteiger partial charge on any atom is 0.414 e. The third kappa shape index (κ3) is 6.79. The minimum atomic E-state index is -0.534. The van der Waals surface area contributed by atoms with E-state index in [1.54, 1.807) is 18.7 Å². The predicted octanol–water partition coefficient (Wildman–Crippen LogP) is 6.85. The Bertz CT molecular complexity index is 1580. The van der Waals surface area contributed by atoms with Crippen molar-refractivity contribution in [2.45, 2.75) is 37.9 Å². The Kier molecular flexibility index (Phi) is 8.82. The molecule has 1 fully saturated rings. The van der Waals surface area contributed by atoms with Gasteiger partial charge in [-0.3, -0.25) is 14.5 Å². The Hall–Kier alpha value is -4.46. The number of hydrogen-bond donors (Lipinski definition) is 1. The first-order chi connectivity index (χ1) is 21.1. The smallest absolute Gasteiger partial charge is 0.391 e. The van der Waals surface area contributed by atoms with Crippen molar-refractivity contribution in [2.24, 2.45) is 0 Å². The third-order valence-electron chi connectivity index (χ3n) is 8.21. The van der Waals surface area contributed by atoms with Crippen molar-refractivity contribution in [3.05, 3.63) is 149 Å². The van der Waals surface area contributed by atoms with Crippen molar-refractivity contribution in [1.29, 1.82) is 0 Å². The number of imidazole rings is 1. The van der Waals surface area contributed by atoms with Crippen LogP contribution in [-0.2, 0) is 25.0 Å². The van der Waals surface area contributed by atoms with Crippen molar-refractivity contribution < 1.29 is 9.53 Å². The van der Waals surface area contributed by atoms with Gasteiger partial charge < -0.3 is 10.1 Å². The highest BCUT2D eigenvalue weighted by Crippen LogP contribution is 2.42. The molecule has 7 nitrogen and oxygen atoms in total. The second-order valence-electron chi connectivity index (χ2n) is 10.9. The number of halogens is 1. The Morgan fingerprint density at radius 2 is 1.51 bits per heavy atom. The number of amides is 1. The van der Waals surface area contributed by atoms with Crippen molar-refractivity contribution in [3.8, 4) is 5.88 Å². The van der Waals surface area contributed by atoms with E-state index in [0.717, 1.165) is 42.8 Å². The average Bonchev–Trinajstić information content (AvgIpc) is 3.42. The van der Waals surface area contributed by atoms with E-state index in [4.69, 9.17) is 21.3 Å². The predicted molar refractivity (Wildman–Crippen MR) is 168 cm³/mol. The maximum atomic E-state index is 13.0. The molecule has 2 aromatic heterocycles. The lowest BCUT2D eigenvalue weighted by Crippen LogP contribution is -2.43. The van der Waals surface area contributed by atoms with Gasteiger partial charge in [0, 0.05) is 35.9 Å². The Balaban J connectivity index is 1.20. The molecule has 1 amide bonds. The zero-order valence-electron chi connectivity index (χ0n) is 23.9. The highest BCUT2D eigenvalue weighted by atomic mass is 35.5. The van der Waals surface area contributed by atoms with Crippen LogP contribution in [0, 0.1) is 0 Å². The van der Waals surface area contributed by atoms with Crippen LogP contribution in [0.3, 0.4) is 0 Å². The number of benzene rings is 3. The molecule has 1 N–H and O–H groups in total. The number of nitrogens with one attached hydrogen (secondary N) is 1. The summed E-state index contributed by atoms with van der Waals surface area (Å²) in [4.78, 5) is 24.2. The number of aromatic nitrogens is 3. The highest BCUT2D eigenvalue weighted by Gasteiger charge is 2.38. The van der Waals surface area contributed by atoms with Gasteiger partial charge in [0.2, 0.25) is 5.88 Å². The number of carbonyl (C=O) groups excluding carboxylic acids is 1. The molecule has 6 rings (SSSR count). The molecule has 5 aromatic rings. The summed E-state index contributed by atoms with van der Waals surface area (Å²) in [6.07, 6.45) is 6.60. The van der Waals surface area contributed by atoms with E-state index >= 15 is 0 Å². The van der Waals surface area contributed by atoms with Crippen LogP contribution < -0.4 is 10.1 Å². The van der Waals surface area contributed by atoms with Crippen LogP contribution in [-0.4, -0.2) is 38.6 Å². The summed E-state index contributed by atoms with van der Waals surface area (Å²) in [5.41, 5.74) is 5.31. The molecule has 1 aliphatic heterocycles. The van der Waals surface area contributed by atoms with Gasteiger partial charge in [-0.15, -0.1) is 0 Å². The molecule has 0 unspecified atom stereocenters. The summed E-state index contributed by atoms with van der Waals surface area (Å²) < 4.78 is 7.81. The van der Waals surface area contributed by atoms with Crippen LogP contribution in [0.2, 0.25) is 5.02 Å². The van der Waals surface area contributed by atoms with Crippen molar-refractivity contribution in [1.82, 2.24) is 24.8 Å². The standard InChI is InChI=1S/C35H34ClN5O2/c36-31-15-13-27(14-16-31)24-41-26-39-32(33(41)43-34(42)38-23-28-8-7-19-37-22-28)25-40-20-17-35(18-21-40,29-9-3-1-4-10-29)30-11-5-2-6-12-30/h1-16,19,22,26H,17-18,20-21,23-25H2,(H,38,42). The zero-order chi connectivity index (χ0) is 29.5. The second-order valence-corrected chi connectivity index (χ2v) is 11.4. The number of rotatable bonds is 9. The van der Waals surface area contributed by atoms with Gasteiger partial charge in [-0.25, -0.2) is 9.78 Å². The van der Waals surface area contributed by atoms with E-state index in [9.17, 15) is 4.79 Å². The number of carbonyl (C=O) groups is 1.